The van der Waals surface area contributed by atoms with Gasteiger partial charge in [0.1, 0.15) is 44.8 Å². The molecule has 19 nitrogen and oxygen atoms in total. The number of likely N-dealkylation sites (tertiary alicyclic amines) is 1. The average Bonchev–Trinajstić information content (AvgIpc) is 1.31. The second kappa shape index (κ2) is 52.1. The van der Waals surface area contributed by atoms with Crippen LogP contribution in [0.2, 0.25) is 0 Å². The van der Waals surface area contributed by atoms with Crippen LogP contribution in [0, 0.1) is 23.3 Å². The molecule has 2 amide bonds. The molecule has 4 atom stereocenters. The van der Waals surface area contributed by atoms with Crippen molar-refractivity contribution in [2.24, 2.45) is 0 Å². The monoisotopic (exact) mass is 1610 g/mol. The summed E-state index contributed by atoms with van der Waals surface area (Å²) in [7, 11) is 4.59. The fourth-order valence-corrected chi connectivity index (χ4v) is 9.53. The molecule has 0 aromatic heterocycles. The topological polar surface area (TPSA) is 235 Å². The summed E-state index contributed by atoms with van der Waals surface area (Å²) in [4.78, 5) is 80.9. The van der Waals surface area contributed by atoms with Gasteiger partial charge < -0.3 is 58.7 Å². The maximum Gasteiger partial charge on any atom is 0.410 e. The van der Waals surface area contributed by atoms with E-state index in [1.54, 1.807) is 128 Å². The van der Waals surface area contributed by atoms with Crippen LogP contribution in [-0.2, 0) is 42.9 Å². The highest BCUT2D eigenvalue weighted by Gasteiger charge is 2.32. The van der Waals surface area contributed by atoms with E-state index in [2.05, 4.69) is 58.5 Å². The lowest BCUT2D eigenvalue weighted by Gasteiger charge is -2.28. The van der Waals surface area contributed by atoms with Crippen molar-refractivity contribution in [2.45, 2.75) is 143 Å². The Bertz CT molecular complexity index is 3620. The lowest BCUT2D eigenvalue weighted by molar-refractivity contribution is -0.142. The molecule has 0 spiro atoms. The molecule has 582 valence electrons. The highest BCUT2D eigenvalue weighted by Crippen LogP contribution is 2.39. The molecule has 2 heterocycles. The van der Waals surface area contributed by atoms with Gasteiger partial charge in [-0.2, -0.15) is 0 Å². The van der Waals surface area contributed by atoms with Crippen molar-refractivity contribution in [3.8, 4) is 17.2 Å². The zero-order valence-electron chi connectivity index (χ0n) is 63.8. The Balaban J connectivity index is 0.000000671. The maximum atomic E-state index is 13.6. The molecule has 2 saturated heterocycles. The van der Waals surface area contributed by atoms with Crippen molar-refractivity contribution in [3.63, 3.8) is 0 Å². The number of rotatable bonds is 24. The van der Waals surface area contributed by atoms with Crippen molar-refractivity contribution in [2.75, 3.05) is 80.4 Å². The highest BCUT2D eigenvalue weighted by molar-refractivity contribution is 9.10. The number of hydrogen-bond donors (Lipinski definition) is 3. The number of carboxylic acids is 1. The van der Waals surface area contributed by atoms with Gasteiger partial charge in [0.05, 0.1) is 41.2 Å². The van der Waals surface area contributed by atoms with Crippen LogP contribution < -0.4 is 24.8 Å². The normalized spacial score (nSPS) is 14.5. The molecule has 0 radical (unpaired) electrons. The first-order chi connectivity index (χ1) is 50.0. The van der Waals surface area contributed by atoms with Crippen LogP contribution in [0.5, 0.6) is 17.2 Å². The van der Waals surface area contributed by atoms with E-state index < -0.39 is 16.4 Å². The Morgan fingerprint density at radius 1 is 0.651 bits per heavy atom. The summed E-state index contributed by atoms with van der Waals surface area (Å²) in [6.07, 6.45) is 12.0. The molecule has 3 N–H and O–H groups in total. The molecule has 25 heteroatoms. The van der Waals surface area contributed by atoms with E-state index in [0.717, 1.165) is 91.5 Å². The van der Waals surface area contributed by atoms with Crippen molar-refractivity contribution >= 4 is 98.3 Å². The van der Waals surface area contributed by atoms with Gasteiger partial charge in [-0.15, -0.1) is 0 Å². The van der Waals surface area contributed by atoms with Crippen LogP contribution in [0.1, 0.15) is 148 Å². The zero-order chi connectivity index (χ0) is 80.1. The quantitative estimate of drug-likeness (QED) is 0.0130. The van der Waals surface area contributed by atoms with Crippen LogP contribution in [0.4, 0.5) is 22.4 Å². The van der Waals surface area contributed by atoms with Gasteiger partial charge in [0.15, 0.2) is 11.5 Å². The summed E-state index contributed by atoms with van der Waals surface area (Å²) in [5, 5.41) is 14.8. The number of nitrogens with one attached hydrogen (secondary N) is 2. The van der Waals surface area contributed by atoms with Crippen LogP contribution in [-0.4, -0.2) is 165 Å². The van der Waals surface area contributed by atoms with Gasteiger partial charge in [-0.3, -0.25) is 19.2 Å². The molecule has 5 aromatic rings. The Morgan fingerprint density at radius 3 is 1.46 bits per heavy atom. The number of halogens is 6. The van der Waals surface area contributed by atoms with Gasteiger partial charge in [0, 0.05) is 61.5 Å². The minimum Gasteiger partial charge on any atom is -0.493 e. The molecule has 4 unspecified atom stereocenters. The number of carbonyl (C=O) groups excluding carboxylic acids is 6. The van der Waals surface area contributed by atoms with E-state index in [1.165, 1.54) is 69.9 Å². The number of alkyl halides is 2. The number of methoxy groups -OCH3 is 3. The number of aliphatic carboxylic acids is 1. The number of allylic oxidation sites excluding steroid dienone is 1. The van der Waals surface area contributed by atoms with E-state index in [4.69, 9.17) is 28.8 Å². The number of ether oxygens (including phenoxy) is 7. The lowest BCUT2D eigenvalue weighted by atomic mass is 10.1. The minimum atomic E-state index is -0.824. The summed E-state index contributed by atoms with van der Waals surface area (Å²) in [5.74, 6) is -1.54. The number of aldehydes is 1. The molecule has 0 saturated carbocycles. The fourth-order valence-electron chi connectivity index (χ4n) is 9.39. The van der Waals surface area contributed by atoms with Crippen molar-refractivity contribution in [3.05, 3.63) is 195 Å². The van der Waals surface area contributed by atoms with Gasteiger partial charge >= 0.3 is 30.0 Å². The highest BCUT2D eigenvalue weighted by atomic mass is 79.9. The summed E-state index contributed by atoms with van der Waals surface area (Å²) >= 11 is 5.91. The van der Waals surface area contributed by atoms with Crippen LogP contribution in [0.25, 0.3) is 24.3 Å². The first-order valence-electron chi connectivity index (χ1n) is 34.4. The summed E-state index contributed by atoms with van der Waals surface area (Å²) in [6.45, 7) is 32.1. The van der Waals surface area contributed by atoms with E-state index in [9.17, 15) is 51.1 Å². The fraction of sp³-hybridized carbons (Fsp3) is 0.420. The standard InChI is InChI=1S/C25H31FN2O4.C20H29FN2O2.C12H13FO2.C10H9FO.C6H10O2.C5H9BrO2.C3H5BrO2/c1-17(12-18-7-9-20(26)10-8-18)15-28(16-21-6-5-11-27-21)25(29)19-13-22(30-2)24(32-4)23(14-19)31-3;1-15(12-16-7-9-17(21)10-8-16)13-22-14-18-6-5-11-23(18)19(24)25-20(2,3)4;1-3-15-12(14)9(2)8-10-4-6-11(13)7-5-10;1-8(7-12)6-9-2-4-10(11)5-3-9;1-4-8-6(7)5(2)3;1-3-8-5(7)4(2)6;1-2(4)3(5)6/h7-10,12-14,21,27H,5-6,11,15-16H2,1-4H3;7-10,12,18,22H,5-6,11,13-14H2,1-4H3;4-8H,3H2,1-2H3;2-7H,1H3;2,4H2,1,3H3;4H,3H2,1-2H3;2H,1H3,(H,5,6)/b17-12+;15-12+;9-8+;8-6+;;;. The Morgan fingerprint density at radius 2 is 1.09 bits per heavy atom. The number of carboxylic acid groups (broad SMARTS) is 1. The van der Waals surface area contributed by atoms with E-state index in [0.29, 0.717) is 72.4 Å². The molecule has 7 rings (SSSR count). The Kier molecular flexibility index (Phi) is 46.8. The largest absolute Gasteiger partial charge is 0.493 e. The number of carbonyl (C=O) groups is 7. The molecule has 0 aliphatic carbocycles. The zero-order valence-corrected chi connectivity index (χ0v) is 67.0. The van der Waals surface area contributed by atoms with Gasteiger partial charge in [-0.05, 0) is 223 Å². The first-order valence-corrected chi connectivity index (χ1v) is 36.3. The predicted molar refractivity (Wildman–Crippen MR) is 417 cm³/mol. The lowest BCUT2D eigenvalue weighted by Crippen LogP contribution is -2.44. The molecule has 2 fully saturated rings. The SMILES string of the molecule is C/C(=C\c1ccc(F)cc1)CNCC1CCCN1C(=O)OC(C)(C)C.C/C(C=O)=C\c1ccc(F)cc1.C=C(C)C(=O)OCC.CC(Br)C(=O)O.CCOC(=O)/C(C)=C/c1ccc(F)cc1.CCOC(=O)C(C)Br.COc1cc(C(=O)N(C/C(C)=C/c2ccc(F)cc2)CC2CCCN2)cc(OC)c1OC. The number of hydrogen-bond acceptors (Lipinski definition) is 16. The van der Waals surface area contributed by atoms with Crippen molar-refractivity contribution in [1.82, 2.24) is 20.4 Å². The van der Waals surface area contributed by atoms with Gasteiger partial charge in [-0.1, -0.05) is 110 Å². The third-order valence-corrected chi connectivity index (χ3v) is 15.2. The van der Waals surface area contributed by atoms with Crippen molar-refractivity contribution in [1.29, 1.82) is 0 Å². The minimum absolute atomic E-state index is 0.121. The van der Waals surface area contributed by atoms with Crippen LogP contribution >= 0.6 is 31.9 Å². The second-order valence-electron chi connectivity index (χ2n) is 25.1. The van der Waals surface area contributed by atoms with E-state index in [-0.39, 0.29) is 70.1 Å². The molecule has 2 aliphatic rings. The van der Waals surface area contributed by atoms with E-state index >= 15 is 0 Å². The second-order valence-corrected chi connectivity index (χ2v) is 27.8. The Labute approximate surface area is 640 Å². The van der Waals surface area contributed by atoms with Gasteiger partial charge in [-0.25, -0.2) is 31.9 Å². The summed E-state index contributed by atoms with van der Waals surface area (Å²) in [5.41, 5.74) is 7.22. The molecular weight excluding hydrogens is 1500 g/mol. The maximum absolute atomic E-state index is 13.6. The Hall–Kier alpha value is -8.91. The summed E-state index contributed by atoms with van der Waals surface area (Å²) in [6, 6.07) is 28.5. The first kappa shape index (κ1) is 95.1. The number of esters is 3. The molecule has 2 aliphatic heterocycles. The number of benzene rings is 5. The van der Waals surface area contributed by atoms with E-state index in [1.807, 2.05) is 56.6 Å². The third-order valence-electron chi connectivity index (χ3n) is 14.5. The van der Waals surface area contributed by atoms with Crippen LogP contribution in [0.3, 0.4) is 0 Å². The van der Waals surface area contributed by atoms with Crippen molar-refractivity contribution < 1.29 is 89.4 Å². The summed E-state index contributed by atoms with van der Waals surface area (Å²) < 4.78 is 86.9. The van der Waals surface area contributed by atoms with Gasteiger partial charge in [0.2, 0.25) is 5.75 Å². The predicted octanol–water partition coefficient (Wildman–Crippen LogP) is 16.9. The smallest absolute Gasteiger partial charge is 0.410 e. The average molecular weight is 1610 g/mol. The van der Waals surface area contributed by atoms with Crippen LogP contribution in [0.15, 0.2) is 144 Å². The molecule has 0 bridgehead atoms. The molecule has 106 heavy (non-hydrogen) atoms. The number of amides is 2. The van der Waals surface area contributed by atoms with Gasteiger partial charge in [0.25, 0.3) is 5.91 Å². The molecular formula is C81H106Br2F4N4O15. The third kappa shape index (κ3) is 40.5. The number of nitrogens with zero attached hydrogens (tertiary/aromatic N) is 2. The molecule has 5 aromatic carbocycles.